The Morgan fingerprint density at radius 3 is 2.43 bits per heavy atom. The second kappa shape index (κ2) is 9.25. The van der Waals surface area contributed by atoms with Gasteiger partial charge in [0.1, 0.15) is 0 Å². The van der Waals surface area contributed by atoms with E-state index in [0.29, 0.717) is 23.5 Å². The zero-order valence-corrected chi connectivity index (χ0v) is 16.9. The lowest BCUT2D eigenvalue weighted by molar-refractivity contribution is -0.137. The molecular formula is C20H27N3O5. The van der Waals surface area contributed by atoms with Gasteiger partial charge in [-0.2, -0.15) is 5.10 Å². The molecule has 0 aliphatic heterocycles. The summed E-state index contributed by atoms with van der Waals surface area (Å²) >= 11 is 0. The van der Waals surface area contributed by atoms with E-state index in [0.717, 1.165) is 17.0 Å². The van der Waals surface area contributed by atoms with Gasteiger partial charge in [-0.25, -0.2) is 0 Å². The molecule has 1 unspecified atom stereocenters. The van der Waals surface area contributed by atoms with Crippen LogP contribution in [0.25, 0.3) is 0 Å². The summed E-state index contributed by atoms with van der Waals surface area (Å²) < 4.78 is 12.3. The SMILES string of the molecule is COc1ccc(C(CC(=O)O)NC(=O)CCc2c(C)nn(C)c2C)cc1OC. The molecule has 8 nitrogen and oxygen atoms in total. The third-order valence-electron chi connectivity index (χ3n) is 4.78. The van der Waals surface area contributed by atoms with E-state index < -0.39 is 12.0 Å². The van der Waals surface area contributed by atoms with Crippen molar-refractivity contribution in [3.8, 4) is 11.5 Å². The molecule has 0 saturated heterocycles. The van der Waals surface area contributed by atoms with Crippen molar-refractivity contribution in [3.05, 3.63) is 40.7 Å². The molecule has 0 aliphatic carbocycles. The average molecular weight is 389 g/mol. The van der Waals surface area contributed by atoms with Gasteiger partial charge in [0.2, 0.25) is 5.91 Å². The molecule has 2 N–H and O–H groups in total. The number of rotatable bonds is 9. The number of carbonyl (C=O) groups excluding carboxylic acids is 1. The summed E-state index contributed by atoms with van der Waals surface area (Å²) in [5, 5.41) is 16.4. The van der Waals surface area contributed by atoms with Gasteiger partial charge < -0.3 is 19.9 Å². The lowest BCUT2D eigenvalue weighted by Gasteiger charge is -2.19. The summed E-state index contributed by atoms with van der Waals surface area (Å²) in [6.07, 6.45) is 0.562. The van der Waals surface area contributed by atoms with Gasteiger partial charge in [0, 0.05) is 19.2 Å². The third-order valence-corrected chi connectivity index (χ3v) is 4.78. The van der Waals surface area contributed by atoms with Crippen LogP contribution in [0, 0.1) is 13.8 Å². The van der Waals surface area contributed by atoms with Crippen LogP contribution in [0.15, 0.2) is 18.2 Å². The van der Waals surface area contributed by atoms with E-state index in [1.54, 1.807) is 22.9 Å². The lowest BCUT2D eigenvalue weighted by Crippen LogP contribution is -2.30. The van der Waals surface area contributed by atoms with Gasteiger partial charge >= 0.3 is 5.97 Å². The molecule has 0 spiro atoms. The predicted octanol–water partition coefficient (Wildman–Crippen LogP) is 2.32. The van der Waals surface area contributed by atoms with E-state index in [2.05, 4.69) is 10.4 Å². The first-order chi connectivity index (χ1) is 13.3. The molecule has 8 heteroatoms. The summed E-state index contributed by atoms with van der Waals surface area (Å²) in [5.74, 6) is -0.205. The maximum atomic E-state index is 12.5. The number of nitrogens with zero attached hydrogens (tertiary/aromatic N) is 2. The minimum Gasteiger partial charge on any atom is -0.493 e. The van der Waals surface area contributed by atoms with Crippen LogP contribution in [0.2, 0.25) is 0 Å². The molecule has 1 heterocycles. The first-order valence-electron chi connectivity index (χ1n) is 8.99. The molecule has 28 heavy (non-hydrogen) atoms. The summed E-state index contributed by atoms with van der Waals surface area (Å²) in [6, 6.07) is 4.44. The molecule has 1 aromatic heterocycles. The fourth-order valence-corrected chi connectivity index (χ4v) is 3.18. The summed E-state index contributed by atoms with van der Waals surface area (Å²) in [4.78, 5) is 23.8. The Kier molecular flexibility index (Phi) is 7.03. The molecule has 2 aromatic rings. The number of hydrogen-bond donors (Lipinski definition) is 2. The maximum Gasteiger partial charge on any atom is 0.305 e. The second-order valence-corrected chi connectivity index (χ2v) is 6.61. The molecule has 152 valence electrons. The molecule has 0 fully saturated rings. The highest BCUT2D eigenvalue weighted by atomic mass is 16.5. The first-order valence-corrected chi connectivity index (χ1v) is 8.99. The van der Waals surface area contributed by atoms with Crippen molar-refractivity contribution in [1.29, 1.82) is 0 Å². The summed E-state index contributed by atoms with van der Waals surface area (Å²) in [6.45, 7) is 3.88. The first kappa shape index (κ1) is 21.3. The van der Waals surface area contributed by atoms with Crippen molar-refractivity contribution in [3.63, 3.8) is 0 Å². The Morgan fingerprint density at radius 2 is 1.89 bits per heavy atom. The number of aromatic nitrogens is 2. The number of nitrogens with one attached hydrogen (secondary N) is 1. The monoisotopic (exact) mass is 389 g/mol. The maximum absolute atomic E-state index is 12.5. The Labute approximate surface area is 164 Å². The smallest absolute Gasteiger partial charge is 0.305 e. The standard InChI is InChI=1S/C20H27N3O5/c1-12-15(13(2)23(3)22-12)7-9-19(24)21-16(11-20(25)26)14-6-8-17(27-4)18(10-14)28-5/h6,8,10,16H,7,9,11H2,1-5H3,(H,21,24)(H,25,26). The Hall–Kier alpha value is -3.03. The lowest BCUT2D eigenvalue weighted by atomic mass is 10.0. The number of carboxylic acid groups (broad SMARTS) is 1. The van der Waals surface area contributed by atoms with E-state index in [9.17, 15) is 14.7 Å². The molecule has 1 aromatic carbocycles. The number of carboxylic acids is 1. The number of aryl methyl sites for hydroxylation is 2. The van der Waals surface area contributed by atoms with Crippen LogP contribution in [0.5, 0.6) is 11.5 Å². The fraction of sp³-hybridized carbons (Fsp3) is 0.450. The van der Waals surface area contributed by atoms with Crippen LogP contribution in [0.1, 0.15) is 41.4 Å². The van der Waals surface area contributed by atoms with Crippen molar-refractivity contribution >= 4 is 11.9 Å². The highest BCUT2D eigenvalue weighted by molar-refractivity contribution is 5.78. The van der Waals surface area contributed by atoms with E-state index in [4.69, 9.17) is 9.47 Å². The topological polar surface area (TPSA) is 103 Å². The number of amides is 1. The van der Waals surface area contributed by atoms with E-state index in [1.807, 2.05) is 20.9 Å². The molecule has 1 amide bonds. The van der Waals surface area contributed by atoms with Crippen LogP contribution >= 0.6 is 0 Å². The van der Waals surface area contributed by atoms with E-state index >= 15 is 0 Å². The van der Waals surface area contributed by atoms with Gasteiger partial charge in [0.15, 0.2) is 11.5 Å². The average Bonchev–Trinajstić information content (AvgIpc) is 2.90. The number of ether oxygens (including phenoxy) is 2. The van der Waals surface area contributed by atoms with Crippen LogP contribution in [0.3, 0.4) is 0 Å². The minimum atomic E-state index is -1.00. The number of methoxy groups -OCH3 is 2. The summed E-state index contributed by atoms with van der Waals surface area (Å²) in [7, 11) is 4.90. The third kappa shape index (κ3) is 5.03. The van der Waals surface area contributed by atoms with Gasteiger partial charge in [0.25, 0.3) is 0 Å². The number of hydrogen-bond acceptors (Lipinski definition) is 5. The largest absolute Gasteiger partial charge is 0.493 e. The zero-order valence-electron chi connectivity index (χ0n) is 16.9. The normalized spacial score (nSPS) is 11.8. The van der Waals surface area contributed by atoms with Gasteiger partial charge in [-0.1, -0.05) is 6.07 Å². The number of carbonyl (C=O) groups is 2. The second-order valence-electron chi connectivity index (χ2n) is 6.61. The summed E-state index contributed by atoms with van der Waals surface area (Å²) in [5.41, 5.74) is 3.60. The highest BCUT2D eigenvalue weighted by Gasteiger charge is 2.20. The van der Waals surface area contributed by atoms with Gasteiger partial charge in [-0.15, -0.1) is 0 Å². The molecule has 2 rings (SSSR count). The zero-order chi connectivity index (χ0) is 20.8. The van der Waals surface area contributed by atoms with Crippen molar-refractivity contribution in [2.45, 2.75) is 39.2 Å². The van der Waals surface area contributed by atoms with Crippen LogP contribution < -0.4 is 14.8 Å². The molecule has 0 saturated carbocycles. The number of aliphatic carboxylic acids is 1. The fourth-order valence-electron chi connectivity index (χ4n) is 3.18. The molecular weight excluding hydrogens is 362 g/mol. The van der Waals surface area contributed by atoms with Crippen molar-refractivity contribution < 1.29 is 24.2 Å². The van der Waals surface area contributed by atoms with Crippen LogP contribution in [0.4, 0.5) is 0 Å². The Balaban J connectivity index is 2.13. The molecule has 1 atom stereocenters. The quantitative estimate of drug-likeness (QED) is 0.682. The van der Waals surface area contributed by atoms with Crippen LogP contribution in [-0.2, 0) is 23.1 Å². The van der Waals surface area contributed by atoms with Crippen molar-refractivity contribution in [2.75, 3.05) is 14.2 Å². The number of benzene rings is 1. The predicted molar refractivity (Wildman–Crippen MR) is 104 cm³/mol. The van der Waals surface area contributed by atoms with Crippen molar-refractivity contribution in [1.82, 2.24) is 15.1 Å². The Bertz CT molecular complexity index is 860. The molecule has 0 aliphatic rings. The highest BCUT2D eigenvalue weighted by Crippen LogP contribution is 2.31. The van der Waals surface area contributed by atoms with Gasteiger partial charge in [0.05, 0.1) is 32.4 Å². The van der Waals surface area contributed by atoms with Crippen molar-refractivity contribution in [2.24, 2.45) is 7.05 Å². The minimum absolute atomic E-state index is 0.219. The van der Waals surface area contributed by atoms with Gasteiger partial charge in [-0.05, 0) is 43.5 Å². The van der Waals surface area contributed by atoms with E-state index in [-0.39, 0.29) is 18.7 Å². The molecule has 0 bridgehead atoms. The Morgan fingerprint density at radius 1 is 1.21 bits per heavy atom. The van der Waals surface area contributed by atoms with Crippen LogP contribution in [-0.4, -0.2) is 41.0 Å². The van der Waals surface area contributed by atoms with Gasteiger partial charge in [-0.3, -0.25) is 14.3 Å². The van der Waals surface area contributed by atoms with E-state index in [1.165, 1.54) is 14.2 Å². The molecule has 0 radical (unpaired) electrons.